The highest BCUT2D eigenvalue weighted by atomic mass is 16.4. The van der Waals surface area contributed by atoms with Crippen molar-refractivity contribution in [3.05, 3.63) is 17.6 Å². The summed E-state index contributed by atoms with van der Waals surface area (Å²) in [7, 11) is 3.60. The van der Waals surface area contributed by atoms with Crippen molar-refractivity contribution in [2.45, 2.75) is 13.3 Å². The third-order valence-corrected chi connectivity index (χ3v) is 1.65. The van der Waals surface area contributed by atoms with Gasteiger partial charge in [-0.05, 0) is 0 Å². The van der Waals surface area contributed by atoms with Crippen LogP contribution in [0.1, 0.15) is 23.2 Å². The second kappa shape index (κ2) is 4.70. The number of rotatable bonds is 4. The Balaban J connectivity index is 3.05. The summed E-state index contributed by atoms with van der Waals surface area (Å²) in [5.41, 5.74) is 2.90. The molecule has 0 amide bonds. The maximum atomic E-state index is 10.8. The van der Waals surface area contributed by atoms with Gasteiger partial charge in [0.1, 0.15) is 11.6 Å². The summed E-state index contributed by atoms with van der Waals surface area (Å²) in [4.78, 5) is 18.8. The molecule has 6 heteroatoms. The van der Waals surface area contributed by atoms with Crippen molar-refractivity contribution in [2.24, 2.45) is 0 Å². The predicted octanol–water partition coefficient (Wildman–Crippen LogP) is 0.626. The van der Waals surface area contributed by atoms with Crippen LogP contribution in [0.3, 0.4) is 0 Å². The van der Waals surface area contributed by atoms with E-state index in [0.717, 1.165) is 0 Å². The SMILES string of the molecule is CCc1nc(NN(C)C)cc(C(=O)O)n1. The number of aromatic nitrogens is 2. The van der Waals surface area contributed by atoms with Gasteiger partial charge in [-0.25, -0.2) is 19.8 Å². The molecule has 0 aliphatic rings. The maximum Gasteiger partial charge on any atom is 0.354 e. The van der Waals surface area contributed by atoms with Crippen molar-refractivity contribution in [2.75, 3.05) is 19.5 Å². The first-order valence-electron chi connectivity index (χ1n) is 4.58. The van der Waals surface area contributed by atoms with Crippen LogP contribution in [-0.4, -0.2) is 40.1 Å². The molecule has 0 aliphatic carbocycles. The van der Waals surface area contributed by atoms with Crippen LogP contribution < -0.4 is 5.43 Å². The van der Waals surface area contributed by atoms with Gasteiger partial charge in [-0.1, -0.05) is 6.92 Å². The highest BCUT2D eigenvalue weighted by Crippen LogP contribution is 2.07. The van der Waals surface area contributed by atoms with E-state index in [2.05, 4.69) is 15.4 Å². The molecule has 0 spiro atoms. The number of hydrazine groups is 1. The number of aromatic carboxylic acids is 1. The van der Waals surface area contributed by atoms with E-state index in [1.165, 1.54) is 6.07 Å². The van der Waals surface area contributed by atoms with Gasteiger partial charge in [0.05, 0.1) is 0 Å². The summed E-state index contributed by atoms with van der Waals surface area (Å²) in [6.07, 6.45) is 0.600. The topological polar surface area (TPSA) is 78.4 Å². The molecule has 1 aromatic rings. The molecule has 15 heavy (non-hydrogen) atoms. The Morgan fingerprint density at radius 2 is 2.20 bits per heavy atom. The Kier molecular flexibility index (Phi) is 3.56. The quantitative estimate of drug-likeness (QED) is 0.709. The molecule has 0 radical (unpaired) electrons. The lowest BCUT2D eigenvalue weighted by Gasteiger charge is -2.13. The number of nitrogens with one attached hydrogen (secondary N) is 1. The standard InChI is InChI=1S/C9H14N4O2/c1-4-7-10-6(9(14)15)5-8(11-7)12-13(2)3/h5H,4H2,1-3H3,(H,14,15)(H,10,11,12). The third-order valence-electron chi connectivity index (χ3n) is 1.65. The third kappa shape index (κ3) is 3.17. The number of anilines is 1. The van der Waals surface area contributed by atoms with Gasteiger partial charge in [0, 0.05) is 26.6 Å². The van der Waals surface area contributed by atoms with Crippen LogP contribution >= 0.6 is 0 Å². The summed E-state index contributed by atoms with van der Waals surface area (Å²) < 4.78 is 0. The summed E-state index contributed by atoms with van der Waals surface area (Å²) >= 11 is 0. The first-order chi connectivity index (χ1) is 7.02. The number of hydrogen-bond donors (Lipinski definition) is 2. The highest BCUT2D eigenvalue weighted by molar-refractivity contribution is 5.86. The van der Waals surface area contributed by atoms with Crippen LogP contribution in [0, 0.1) is 0 Å². The fourth-order valence-electron chi connectivity index (χ4n) is 1.05. The zero-order valence-electron chi connectivity index (χ0n) is 8.98. The second-order valence-electron chi connectivity index (χ2n) is 3.22. The molecule has 0 aliphatic heterocycles. The Labute approximate surface area is 87.9 Å². The van der Waals surface area contributed by atoms with Crippen LogP contribution in [0.2, 0.25) is 0 Å². The van der Waals surface area contributed by atoms with E-state index in [4.69, 9.17) is 5.11 Å². The molecule has 6 nitrogen and oxygen atoms in total. The fourth-order valence-corrected chi connectivity index (χ4v) is 1.05. The van der Waals surface area contributed by atoms with E-state index in [9.17, 15) is 4.79 Å². The number of nitrogens with zero attached hydrogens (tertiary/aromatic N) is 3. The predicted molar refractivity (Wildman–Crippen MR) is 55.7 cm³/mol. The molecule has 0 fully saturated rings. The molecule has 0 aromatic carbocycles. The van der Waals surface area contributed by atoms with Gasteiger partial charge >= 0.3 is 5.97 Å². The molecule has 0 bridgehead atoms. The van der Waals surface area contributed by atoms with Gasteiger partial charge in [0.2, 0.25) is 0 Å². The number of carboxylic acid groups (broad SMARTS) is 1. The van der Waals surface area contributed by atoms with Crippen LogP contribution in [0.15, 0.2) is 6.07 Å². The van der Waals surface area contributed by atoms with Crippen LogP contribution in [0.25, 0.3) is 0 Å². The highest BCUT2D eigenvalue weighted by Gasteiger charge is 2.09. The number of aryl methyl sites for hydroxylation is 1. The average Bonchev–Trinajstić information content (AvgIpc) is 2.16. The van der Waals surface area contributed by atoms with Gasteiger partial charge in [0.25, 0.3) is 0 Å². The van der Waals surface area contributed by atoms with E-state index >= 15 is 0 Å². The molecule has 1 rings (SSSR count). The zero-order chi connectivity index (χ0) is 11.4. The van der Waals surface area contributed by atoms with Crippen molar-refractivity contribution in [1.82, 2.24) is 15.0 Å². The summed E-state index contributed by atoms with van der Waals surface area (Å²) in [5, 5.41) is 10.5. The van der Waals surface area contributed by atoms with Crippen molar-refractivity contribution in [3.63, 3.8) is 0 Å². The fraction of sp³-hybridized carbons (Fsp3) is 0.444. The van der Waals surface area contributed by atoms with Gasteiger partial charge < -0.3 is 10.5 Å². The Hall–Kier alpha value is -1.69. The molecule has 0 unspecified atom stereocenters. The number of carbonyl (C=O) groups is 1. The van der Waals surface area contributed by atoms with Gasteiger partial charge in [0.15, 0.2) is 5.69 Å². The zero-order valence-corrected chi connectivity index (χ0v) is 8.98. The summed E-state index contributed by atoms with van der Waals surface area (Å²) in [6.45, 7) is 1.88. The maximum absolute atomic E-state index is 10.8. The van der Waals surface area contributed by atoms with Crippen LogP contribution in [0.4, 0.5) is 5.82 Å². The molecule has 1 heterocycles. The van der Waals surface area contributed by atoms with Gasteiger partial charge in [-0.3, -0.25) is 0 Å². The minimum atomic E-state index is -1.05. The Bertz CT molecular complexity index is 365. The van der Waals surface area contributed by atoms with Crippen molar-refractivity contribution < 1.29 is 9.90 Å². The molecular formula is C9H14N4O2. The monoisotopic (exact) mass is 210 g/mol. The van der Waals surface area contributed by atoms with Crippen LogP contribution in [-0.2, 0) is 6.42 Å². The van der Waals surface area contributed by atoms with Crippen molar-refractivity contribution in [1.29, 1.82) is 0 Å². The Morgan fingerprint density at radius 3 is 2.67 bits per heavy atom. The van der Waals surface area contributed by atoms with E-state index in [-0.39, 0.29) is 5.69 Å². The smallest absolute Gasteiger partial charge is 0.354 e. The lowest BCUT2D eigenvalue weighted by Crippen LogP contribution is -2.21. The molecule has 2 N–H and O–H groups in total. The summed E-state index contributed by atoms with van der Waals surface area (Å²) in [5.74, 6) is -0.0441. The van der Waals surface area contributed by atoms with E-state index in [0.29, 0.717) is 18.1 Å². The Morgan fingerprint density at radius 1 is 1.53 bits per heavy atom. The van der Waals surface area contributed by atoms with Gasteiger partial charge in [-0.2, -0.15) is 0 Å². The first kappa shape index (κ1) is 11.4. The molecule has 0 saturated heterocycles. The number of carboxylic acids is 1. The summed E-state index contributed by atoms with van der Waals surface area (Å²) in [6, 6.07) is 1.40. The molecule has 1 aromatic heterocycles. The molecular weight excluding hydrogens is 196 g/mol. The van der Waals surface area contributed by atoms with Crippen molar-refractivity contribution in [3.8, 4) is 0 Å². The molecule has 0 saturated carbocycles. The minimum absolute atomic E-state index is 0.00574. The average molecular weight is 210 g/mol. The largest absolute Gasteiger partial charge is 0.477 e. The number of hydrogen-bond acceptors (Lipinski definition) is 5. The lowest BCUT2D eigenvalue weighted by atomic mass is 10.3. The minimum Gasteiger partial charge on any atom is -0.477 e. The van der Waals surface area contributed by atoms with E-state index < -0.39 is 5.97 Å². The van der Waals surface area contributed by atoms with Crippen molar-refractivity contribution >= 4 is 11.8 Å². The first-order valence-corrected chi connectivity index (χ1v) is 4.58. The lowest BCUT2D eigenvalue weighted by molar-refractivity contribution is 0.0690. The molecule has 82 valence electrons. The normalized spacial score (nSPS) is 10.4. The van der Waals surface area contributed by atoms with Crippen LogP contribution in [0.5, 0.6) is 0 Å². The molecule has 0 atom stereocenters. The van der Waals surface area contributed by atoms with Gasteiger partial charge in [-0.15, -0.1) is 0 Å². The second-order valence-corrected chi connectivity index (χ2v) is 3.22. The van der Waals surface area contributed by atoms with E-state index in [1.54, 1.807) is 19.1 Å². The van der Waals surface area contributed by atoms with E-state index in [1.807, 2.05) is 6.92 Å².